The van der Waals surface area contributed by atoms with Crippen LogP contribution in [0.25, 0.3) is 0 Å². The molecule has 1 unspecified atom stereocenters. The molecular formula is C15H20N2O. The quantitative estimate of drug-likeness (QED) is 0.858. The number of nitrogens with one attached hydrogen (secondary N) is 2. The molecule has 1 atom stereocenters. The van der Waals surface area contributed by atoms with E-state index in [0.29, 0.717) is 6.42 Å². The smallest absolute Gasteiger partial charge is 0.224 e. The van der Waals surface area contributed by atoms with E-state index >= 15 is 0 Å². The number of hydrogen-bond donors (Lipinski definition) is 2. The van der Waals surface area contributed by atoms with E-state index in [0.717, 1.165) is 24.2 Å². The van der Waals surface area contributed by atoms with Crippen LogP contribution in [-0.2, 0) is 11.2 Å². The van der Waals surface area contributed by atoms with Gasteiger partial charge in [-0.15, -0.1) is 0 Å². The first-order chi connectivity index (χ1) is 8.60. The predicted octanol–water partition coefficient (Wildman–Crippen LogP) is 2.76. The number of benzene rings is 1. The van der Waals surface area contributed by atoms with Gasteiger partial charge in [-0.25, -0.2) is 0 Å². The summed E-state index contributed by atoms with van der Waals surface area (Å²) >= 11 is 0. The maximum atomic E-state index is 11.2. The third-order valence-corrected chi connectivity index (χ3v) is 3.45. The summed E-state index contributed by atoms with van der Waals surface area (Å²) in [4.78, 5) is 11.2. The zero-order chi connectivity index (χ0) is 13.1. The zero-order valence-corrected chi connectivity index (χ0v) is 11.0. The molecule has 1 aromatic carbocycles. The molecule has 0 spiro atoms. The normalized spacial score (nSPS) is 19.6. The summed E-state index contributed by atoms with van der Waals surface area (Å²) in [5, 5.41) is 6.22. The fraction of sp³-hybridized carbons (Fsp3) is 0.400. The van der Waals surface area contributed by atoms with Crippen molar-refractivity contribution in [3.8, 4) is 0 Å². The maximum absolute atomic E-state index is 11.2. The highest BCUT2D eigenvalue weighted by Gasteiger charge is 2.21. The first-order valence-electron chi connectivity index (χ1n) is 6.45. The van der Waals surface area contributed by atoms with Gasteiger partial charge < -0.3 is 10.6 Å². The van der Waals surface area contributed by atoms with Gasteiger partial charge in [-0.3, -0.25) is 4.79 Å². The van der Waals surface area contributed by atoms with Crippen LogP contribution < -0.4 is 10.6 Å². The van der Waals surface area contributed by atoms with Crippen LogP contribution in [0.3, 0.4) is 0 Å². The number of carbonyl (C=O) groups is 1. The molecule has 1 heterocycles. The van der Waals surface area contributed by atoms with Gasteiger partial charge in [0.2, 0.25) is 5.91 Å². The minimum Gasteiger partial charge on any atom is -0.377 e. The van der Waals surface area contributed by atoms with Crippen molar-refractivity contribution in [2.24, 2.45) is 0 Å². The molecule has 2 rings (SSSR count). The van der Waals surface area contributed by atoms with Gasteiger partial charge in [0, 0.05) is 17.8 Å². The molecular weight excluding hydrogens is 224 g/mol. The topological polar surface area (TPSA) is 41.1 Å². The lowest BCUT2D eigenvalue weighted by molar-refractivity contribution is -0.121. The first-order valence-corrected chi connectivity index (χ1v) is 6.45. The number of rotatable bonds is 3. The Labute approximate surface area is 108 Å². The third kappa shape index (κ3) is 2.73. The lowest BCUT2D eigenvalue weighted by Gasteiger charge is -2.27. The number of aryl methyl sites for hydroxylation is 2. The molecule has 1 fully saturated rings. The molecule has 0 saturated carbocycles. The fourth-order valence-electron chi connectivity index (χ4n) is 2.32. The van der Waals surface area contributed by atoms with E-state index in [1.807, 2.05) is 0 Å². The Balaban J connectivity index is 2.07. The first kappa shape index (κ1) is 12.7. The summed E-state index contributed by atoms with van der Waals surface area (Å²) in [5.41, 5.74) is 4.53. The summed E-state index contributed by atoms with van der Waals surface area (Å²) in [6.07, 6.45) is 2.42. The lowest BCUT2D eigenvalue weighted by atomic mass is 10.0. The van der Waals surface area contributed by atoms with Crippen molar-refractivity contribution in [1.82, 2.24) is 5.32 Å². The van der Waals surface area contributed by atoms with Crippen LogP contribution in [0.4, 0.5) is 5.69 Å². The van der Waals surface area contributed by atoms with Gasteiger partial charge in [-0.1, -0.05) is 19.6 Å². The fourth-order valence-corrected chi connectivity index (χ4v) is 2.32. The van der Waals surface area contributed by atoms with Crippen molar-refractivity contribution in [3.05, 3.63) is 41.6 Å². The highest BCUT2D eigenvalue weighted by Crippen LogP contribution is 2.20. The van der Waals surface area contributed by atoms with E-state index in [1.165, 1.54) is 11.1 Å². The molecule has 1 saturated heterocycles. The summed E-state index contributed by atoms with van der Waals surface area (Å²) in [5.74, 6) is 0.0653. The molecule has 2 N–H and O–H groups in total. The summed E-state index contributed by atoms with van der Waals surface area (Å²) in [6, 6.07) is 6.54. The highest BCUT2D eigenvalue weighted by atomic mass is 16.1. The monoisotopic (exact) mass is 244 g/mol. The molecule has 1 aromatic rings. The molecule has 96 valence electrons. The Hall–Kier alpha value is -1.77. The van der Waals surface area contributed by atoms with Gasteiger partial charge in [0.05, 0.1) is 6.04 Å². The second-order valence-corrected chi connectivity index (χ2v) is 4.80. The number of piperidine rings is 1. The van der Waals surface area contributed by atoms with Crippen molar-refractivity contribution in [1.29, 1.82) is 0 Å². The Bertz CT molecular complexity index is 479. The standard InChI is InChI=1S/C15H20N2O/c1-4-12-5-6-13(9-10(12)2)17-14-7-8-15(18)16-11(14)3/h5-6,9,14,17H,3-4,7-8H2,1-2H3,(H,16,18). The van der Waals surface area contributed by atoms with E-state index in [4.69, 9.17) is 0 Å². The number of hydrogen-bond acceptors (Lipinski definition) is 2. The van der Waals surface area contributed by atoms with Crippen LogP contribution in [0.1, 0.15) is 30.9 Å². The molecule has 3 nitrogen and oxygen atoms in total. The average Bonchev–Trinajstić information content (AvgIpc) is 2.33. The van der Waals surface area contributed by atoms with Crippen LogP contribution >= 0.6 is 0 Å². The number of amides is 1. The van der Waals surface area contributed by atoms with E-state index in [1.54, 1.807) is 0 Å². The number of anilines is 1. The third-order valence-electron chi connectivity index (χ3n) is 3.45. The SMILES string of the molecule is C=C1NC(=O)CCC1Nc1ccc(CC)c(C)c1. The van der Waals surface area contributed by atoms with Crippen LogP contribution in [-0.4, -0.2) is 11.9 Å². The van der Waals surface area contributed by atoms with Gasteiger partial charge in [0.15, 0.2) is 0 Å². The van der Waals surface area contributed by atoms with Crippen molar-refractivity contribution < 1.29 is 4.79 Å². The van der Waals surface area contributed by atoms with Gasteiger partial charge in [0.25, 0.3) is 0 Å². The van der Waals surface area contributed by atoms with E-state index in [-0.39, 0.29) is 11.9 Å². The van der Waals surface area contributed by atoms with E-state index in [9.17, 15) is 4.79 Å². The minimum atomic E-state index is 0.0653. The summed E-state index contributed by atoms with van der Waals surface area (Å²) in [7, 11) is 0. The lowest BCUT2D eigenvalue weighted by Crippen LogP contribution is -2.39. The summed E-state index contributed by atoms with van der Waals surface area (Å²) < 4.78 is 0. The van der Waals surface area contributed by atoms with Crippen LogP contribution in [0.5, 0.6) is 0 Å². The molecule has 18 heavy (non-hydrogen) atoms. The molecule has 1 amide bonds. The Morgan fingerprint density at radius 1 is 1.50 bits per heavy atom. The van der Waals surface area contributed by atoms with Gasteiger partial charge in [0.1, 0.15) is 0 Å². The molecule has 0 radical (unpaired) electrons. The number of carbonyl (C=O) groups excluding carboxylic acids is 1. The van der Waals surface area contributed by atoms with Crippen molar-refractivity contribution in [2.75, 3.05) is 5.32 Å². The van der Waals surface area contributed by atoms with Crippen LogP contribution in [0, 0.1) is 6.92 Å². The van der Waals surface area contributed by atoms with Crippen LogP contribution in [0.15, 0.2) is 30.5 Å². The molecule has 1 aliphatic rings. The van der Waals surface area contributed by atoms with Gasteiger partial charge >= 0.3 is 0 Å². The van der Waals surface area contributed by atoms with E-state index in [2.05, 4.69) is 49.3 Å². The van der Waals surface area contributed by atoms with Crippen molar-refractivity contribution >= 4 is 11.6 Å². The Kier molecular flexibility index (Phi) is 3.70. The Morgan fingerprint density at radius 3 is 2.89 bits per heavy atom. The Morgan fingerprint density at radius 2 is 2.28 bits per heavy atom. The average molecular weight is 244 g/mol. The highest BCUT2D eigenvalue weighted by molar-refractivity contribution is 5.79. The largest absolute Gasteiger partial charge is 0.377 e. The van der Waals surface area contributed by atoms with Gasteiger partial charge in [-0.2, -0.15) is 0 Å². The van der Waals surface area contributed by atoms with Crippen molar-refractivity contribution in [3.63, 3.8) is 0 Å². The molecule has 0 aromatic heterocycles. The van der Waals surface area contributed by atoms with E-state index < -0.39 is 0 Å². The zero-order valence-electron chi connectivity index (χ0n) is 11.0. The van der Waals surface area contributed by atoms with Gasteiger partial charge in [-0.05, 0) is 43.0 Å². The summed E-state index contributed by atoms with van der Waals surface area (Å²) in [6.45, 7) is 8.19. The molecule has 0 bridgehead atoms. The molecule has 0 aliphatic carbocycles. The van der Waals surface area contributed by atoms with Crippen LogP contribution in [0.2, 0.25) is 0 Å². The molecule has 3 heteroatoms. The maximum Gasteiger partial charge on any atom is 0.224 e. The minimum absolute atomic E-state index is 0.0653. The second kappa shape index (κ2) is 5.25. The second-order valence-electron chi connectivity index (χ2n) is 4.80. The van der Waals surface area contributed by atoms with Crippen molar-refractivity contribution in [2.45, 2.75) is 39.2 Å². The predicted molar refractivity (Wildman–Crippen MR) is 74.5 cm³/mol. The molecule has 1 aliphatic heterocycles.